The van der Waals surface area contributed by atoms with Gasteiger partial charge in [0, 0.05) is 32.3 Å². The van der Waals surface area contributed by atoms with Crippen LogP contribution in [-0.4, -0.2) is 30.1 Å². The van der Waals surface area contributed by atoms with Crippen molar-refractivity contribution in [2.45, 2.75) is 70.1 Å². The Morgan fingerprint density at radius 1 is 1.04 bits per heavy atom. The molecule has 128 valence electrons. The highest BCUT2D eigenvalue weighted by Gasteiger charge is 2.48. The fraction of sp³-hybridized carbons (Fsp3) is 0.684. The van der Waals surface area contributed by atoms with E-state index in [-0.39, 0.29) is 16.9 Å². The van der Waals surface area contributed by atoms with Gasteiger partial charge in [0.1, 0.15) is 18.7 Å². The summed E-state index contributed by atoms with van der Waals surface area (Å²) in [6, 6.07) is 10.7. The number of hydroxylamine groups is 4. The average molecular weight is 319 g/mol. The van der Waals surface area contributed by atoms with Gasteiger partial charge in [0.15, 0.2) is 0 Å². The zero-order chi connectivity index (χ0) is 16.0. The molecule has 0 amide bonds. The van der Waals surface area contributed by atoms with Crippen LogP contribution in [0.15, 0.2) is 30.3 Å². The molecule has 0 saturated carbocycles. The maximum atomic E-state index is 12.6. The first-order chi connectivity index (χ1) is 11.3. The maximum absolute atomic E-state index is 12.6. The largest absolute Gasteiger partial charge is 0.598 e. The Morgan fingerprint density at radius 2 is 1.87 bits per heavy atom. The van der Waals surface area contributed by atoms with Crippen LogP contribution >= 0.6 is 0 Å². The van der Waals surface area contributed by atoms with Crippen LogP contribution < -0.4 is 0 Å². The molecule has 2 aliphatic heterocycles. The third kappa shape index (κ3) is 4.32. The number of benzene rings is 1. The van der Waals surface area contributed by atoms with Crippen molar-refractivity contribution >= 4 is 0 Å². The van der Waals surface area contributed by atoms with Crippen molar-refractivity contribution in [3.05, 3.63) is 41.1 Å². The molecule has 0 bridgehead atoms. The summed E-state index contributed by atoms with van der Waals surface area (Å²) < 4.78 is 5.70. The number of rotatable bonds is 9. The number of fused-ring (bicyclic) bond motifs is 1. The van der Waals surface area contributed by atoms with Crippen LogP contribution in [0.5, 0.6) is 0 Å². The molecule has 4 nitrogen and oxygen atoms in total. The molecule has 4 heteroatoms. The SMILES string of the molecule is [O-][N+]12OCCC1CC[C@@H]2CCCCCCOCc1ccccc1. The van der Waals surface area contributed by atoms with E-state index < -0.39 is 0 Å². The molecule has 2 fully saturated rings. The van der Waals surface area contributed by atoms with Gasteiger partial charge in [0.25, 0.3) is 0 Å². The van der Waals surface area contributed by atoms with Crippen molar-refractivity contribution in [2.24, 2.45) is 0 Å². The topological polar surface area (TPSA) is 41.5 Å². The molecule has 2 unspecified atom stereocenters. The van der Waals surface area contributed by atoms with E-state index in [0.717, 1.165) is 45.1 Å². The van der Waals surface area contributed by atoms with Crippen LogP contribution in [0.2, 0.25) is 0 Å². The maximum Gasteiger partial charge on any atom is 0.122 e. The molecular formula is C19H29NO3. The first-order valence-corrected chi connectivity index (χ1v) is 9.14. The van der Waals surface area contributed by atoms with Gasteiger partial charge in [-0.15, -0.1) is 0 Å². The summed E-state index contributed by atoms with van der Waals surface area (Å²) >= 11 is 0. The fourth-order valence-electron chi connectivity index (χ4n) is 3.94. The second-order valence-electron chi connectivity index (χ2n) is 6.89. The van der Waals surface area contributed by atoms with Gasteiger partial charge in [-0.3, -0.25) is 0 Å². The van der Waals surface area contributed by atoms with E-state index in [2.05, 4.69) is 12.1 Å². The molecule has 0 N–H and O–H groups in total. The molecule has 2 aliphatic rings. The van der Waals surface area contributed by atoms with Gasteiger partial charge in [0.05, 0.1) is 6.61 Å². The number of ether oxygens (including phenoxy) is 1. The second-order valence-corrected chi connectivity index (χ2v) is 6.89. The lowest BCUT2D eigenvalue weighted by Crippen LogP contribution is -2.46. The molecule has 3 rings (SSSR count). The summed E-state index contributed by atoms with van der Waals surface area (Å²) in [4.78, 5) is 5.16. The molecule has 0 aromatic heterocycles. The Kier molecular flexibility index (Phi) is 6.06. The minimum absolute atomic E-state index is 0.192. The molecule has 23 heavy (non-hydrogen) atoms. The van der Waals surface area contributed by atoms with Gasteiger partial charge >= 0.3 is 0 Å². The lowest BCUT2D eigenvalue weighted by atomic mass is 10.1. The smallest absolute Gasteiger partial charge is 0.122 e. The van der Waals surface area contributed by atoms with Gasteiger partial charge in [-0.25, -0.2) is 9.65 Å². The second kappa shape index (κ2) is 8.25. The summed E-state index contributed by atoms with van der Waals surface area (Å²) in [5, 5.41) is 12.6. The third-order valence-electron chi connectivity index (χ3n) is 5.28. The van der Waals surface area contributed by atoms with E-state index in [1.165, 1.54) is 18.4 Å². The van der Waals surface area contributed by atoms with Crippen LogP contribution in [0.3, 0.4) is 0 Å². The van der Waals surface area contributed by atoms with E-state index in [9.17, 15) is 5.21 Å². The Balaban J connectivity index is 1.21. The number of hydrogen-bond donors (Lipinski definition) is 0. The summed E-state index contributed by atoms with van der Waals surface area (Å²) in [5.41, 5.74) is 1.23. The Labute approximate surface area is 139 Å². The summed E-state index contributed by atoms with van der Waals surface area (Å²) in [7, 11) is 0. The molecule has 2 heterocycles. The lowest BCUT2D eigenvalue weighted by Gasteiger charge is -2.40. The third-order valence-corrected chi connectivity index (χ3v) is 5.28. The average Bonchev–Trinajstić information content (AvgIpc) is 3.08. The summed E-state index contributed by atoms with van der Waals surface area (Å²) in [6.45, 7) is 2.19. The molecular weight excluding hydrogens is 290 g/mol. The van der Waals surface area contributed by atoms with Gasteiger partial charge in [-0.1, -0.05) is 43.2 Å². The molecule has 0 aliphatic carbocycles. The fourth-order valence-corrected chi connectivity index (χ4v) is 3.94. The lowest BCUT2D eigenvalue weighted by molar-refractivity contribution is -1.08. The van der Waals surface area contributed by atoms with Gasteiger partial charge in [0.2, 0.25) is 0 Å². The molecule has 1 aromatic rings. The highest BCUT2D eigenvalue weighted by molar-refractivity contribution is 5.13. The van der Waals surface area contributed by atoms with E-state index in [1.54, 1.807) is 0 Å². The molecule has 1 aromatic carbocycles. The van der Waals surface area contributed by atoms with E-state index in [0.29, 0.717) is 13.2 Å². The number of nitrogens with zero attached hydrogens (tertiary/aromatic N) is 1. The summed E-state index contributed by atoms with van der Waals surface area (Å²) in [6.07, 6.45) is 8.70. The zero-order valence-electron chi connectivity index (χ0n) is 14.0. The Bertz CT molecular complexity index is 467. The molecule has 2 saturated heterocycles. The molecule has 0 spiro atoms. The van der Waals surface area contributed by atoms with E-state index in [1.807, 2.05) is 18.2 Å². The van der Waals surface area contributed by atoms with Crippen LogP contribution in [0.4, 0.5) is 0 Å². The normalized spacial score (nSPS) is 29.8. The van der Waals surface area contributed by atoms with Gasteiger partial charge in [-0.2, -0.15) is 0 Å². The van der Waals surface area contributed by atoms with Gasteiger partial charge < -0.3 is 9.94 Å². The predicted molar refractivity (Wildman–Crippen MR) is 90.2 cm³/mol. The van der Waals surface area contributed by atoms with Crippen molar-refractivity contribution in [2.75, 3.05) is 13.2 Å². The monoisotopic (exact) mass is 319 g/mol. The van der Waals surface area contributed by atoms with Crippen LogP contribution in [0, 0.1) is 5.21 Å². The van der Waals surface area contributed by atoms with Crippen molar-refractivity contribution in [1.29, 1.82) is 0 Å². The molecule has 3 atom stereocenters. The number of hydrogen-bond acceptors (Lipinski definition) is 3. The van der Waals surface area contributed by atoms with E-state index in [4.69, 9.17) is 9.57 Å². The van der Waals surface area contributed by atoms with Crippen molar-refractivity contribution in [3.63, 3.8) is 0 Å². The van der Waals surface area contributed by atoms with Crippen LogP contribution in [-0.2, 0) is 16.2 Å². The minimum atomic E-state index is -0.333. The molecule has 0 radical (unpaired) electrons. The van der Waals surface area contributed by atoms with Crippen molar-refractivity contribution in [3.8, 4) is 0 Å². The highest BCUT2D eigenvalue weighted by atomic mass is 16.9. The van der Waals surface area contributed by atoms with Crippen molar-refractivity contribution < 1.29 is 14.4 Å². The first-order valence-electron chi connectivity index (χ1n) is 9.14. The van der Waals surface area contributed by atoms with Gasteiger partial charge in [-0.05, 0) is 18.4 Å². The van der Waals surface area contributed by atoms with Crippen LogP contribution in [0.25, 0.3) is 0 Å². The highest BCUT2D eigenvalue weighted by Crippen LogP contribution is 2.40. The summed E-state index contributed by atoms with van der Waals surface area (Å²) in [5.74, 6) is 0. The van der Waals surface area contributed by atoms with E-state index >= 15 is 0 Å². The Morgan fingerprint density at radius 3 is 2.74 bits per heavy atom. The standard InChI is InChI=1S/C19H29NO3/c21-20-18(11-12-19(20)13-15-23-20)10-6-1-2-7-14-22-16-17-8-4-3-5-9-17/h3-5,8-9,18-19H,1-2,6-7,10-16H2/t18-,19?,20?/m0/s1. The van der Waals surface area contributed by atoms with Crippen molar-refractivity contribution in [1.82, 2.24) is 0 Å². The van der Waals surface area contributed by atoms with Crippen LogP contribution in [0.1, 0.15) is 56.9 Å². The quantitative estimate of drug-likeness (QED) is 0.386. The first kappa shape index (κ1) is 16.9. The predicted octanol–water partition coefficient (Wildman–Crippen LogP) is 4.33. The Hall–Kier alpha value is -0.940. The minimum Gasteiger partial charge on any atom is -0.598 e. The number of unbranched alkanes of at least 4 members (excludes halogenated alkanes) is 3. The number of quaternary nitrogens is 1. The zero-order valence-corrected chi connectivity index (χ0v) is 14.0.